The number of anilines is 1. The molecule has 1 atom stereocenters. The highest BCUT2D eigenvalue weighted by molar-refractivity contribution is 6.31. The van der Waals surface area contributed by atoms with Crippen molar-refractivity contribution in [2.24, 2.45) is 5.73 Å². The van der Waals surface area contributed by atoms with Crippen molar-refractivity contribution >= 4 is 40.1 Å². The van der Waals surface area contributed by atoms with E-state index in [9.17, 15) is 14.0 Å². The second-order valence-electron chi connectivity index (χ2n) is 7.08. The number of pyridine rings is 1. The van der Waals surface area contributed by atoms with Crippen molar-refractivity contribution in [2.45, 2.75) is 12.8 Å². The largest absolute Gasteiger partial charge is 0.453 e. The number of carbonyl (C=O) groups excluding carboxylic acids is 2. The Bertz CT molecular complexity index is 1340. The number of nitrogens with one attached hydrogen (secondary N) is 2. The van der Waals surface area contributed by atoms with Gasteiger partial charge in [0.2, 0.25) is 11.8 Å². The quantitative estimate of drug-likeness (QED) is 0.369. The van der Waals surface area contributed by atoms with Gasteiger partial charge >= 0.3 is 0 Å². The third-order valence-corrected chi connectivity index (χ3v) is 5.41. The maximum absolute atomic E-state index is 14.8. The average molecular weight is 453 g/mol. The number of benzene rings is 2. The molecule has 0 spiro atoms. The molecule has 0 aliphatic rings. The zero-order valence-electron chi connectivity index (χ0n) is 16.9. The Morgan fingerprint density at radius 2 is 2.00 bits per heavy atom. The highest BCUT2D eigenvalue weighted by Gasteiger charge is 2.28. The Balaban J connectivity index is 1.60. The summed E-state index contributed by atoms with van der Waals surface area (Å²) in [5.74, 6) is -3.44. The number of amides is 2. The first-order valence-electron chi connectivity index (χ1n) is 9.60. The minimum absolute atomic E-state index is 0.0724. The van der Waals surface area contributed by atoms with Crippen LogP contribution in [0.2, 0.25) is 5.02 Å². The van der Waals surface area contributed by atoms with Gasteiger partial charge in [-0.05, 0) is 54.4 Å². The number of ether oxygens (including phenoxy) is 1. The molecule has 0 fully saturated rings. The Morgan fingerprint density at radius 3 is 2.75 bits per heavy atom. The Labute approximate surface area is 187 Å². The van der Waals surface area contributed by atoms with Gasteiger partial charge in [0.25, 0.3) is 0 Å². The van der Waals surface area contributed by atoms with E-state index in [1.165, 1.54) is 18.3 Å². The van der Waals surface area contributed by atoms with Crippen LogP contribution in [0.5, 0.6) is 11.5 Å². The van der Waals surface area contributed by atoms with E-state index in [1.54, 1.807) is 43.5 Å². The van der Waals surface area contributed by atoms with E-state index in [4.69, 9.17) is 22.1 Å². The van der Waals surface area contributed by atoms with Crippen LogP contribution in [0.25, 0.3) is 11.0 Å². The smallest absolute Gasteiger partial charge is 0.241 e. The van der Waals surface area contributed by atoms with E-state index in [0.717, 1.165) is 6.07 Å². The van der Waals surface area contributed by atoms with Crippen molar-refractivity contribution < 1.29 is 18.7 Å². The van der Waals surface area contributed by atoms with Crippen molar-refractivity contribution in [2.75, 3.05) is 5.32 Å². The molecule has 7 nitrogen and oxygen atoms in total. The molecule has 162 valence electrons. The second kappa shape index (κ2) is 8.68. The van der Waals surface area contributed by atoms with E-state index in [2.05, 4.69) is 15.3 Å². The molecule has 4 rings (SSSR count). The molecule has 2 aromatic carbocycles. The average Bonchev–Trinajstić information content (AvgIpc) is 3.23. The third-order valence-electron chi connectivity index (χ3n) is 5.00. The summed E-state index contributed by atoms with van der Waals surface area (Å²) >= 11 is 6.08. The van der Waals surface area contributed by atoms with Crippen LogP contribution < -0.4 is 15.8 Å². The van der Waals surface area contributed by atoms with E-state index in [0.29, 0.717) is 33.1 Å². The maximum Gasteiger partial charge on any atom is 0.241 e. The molecule has 9 heteroatoms. The zero-order valence-corrected chi connectivity index (χ0v) is 17.6. The molecule has 0 saturated heterocycles. The number of nitrogens with zero attached hydrogens (tertiary/aromatic N) is 1. The van der Waals surface area contributed by atoms with Gasteiger partial charge in [-0.15, -0.1) is 0 Å². The predicted octanol–water partition coefficient (Wildman–Crippen LogP) is 4.66. The number of hydrogen-bond donors (Lipinski definition) is 3. The molecule has 0 aliphatic carbocycles. The Kier molecular flexibility index (Phi) is 5.79. The van der Waals surface area contributed by atoms with Crippen molar-refractivity contribution in [3.63, 3.8) is 0 Å². The molecular formula is C23H18ClFN4O3. The Hall–Kier alpha value is -3.91. The van der Waals surface area contributed by atoms with E-state index < -0.39 is 23.5 Å². The van der Waals surface area contributed by atoms with Crippen LogP contribution in [-0.2, 0) is 9.59 Å². The molecule has 2 amide bonds. The van der Waals surface area contributed by atoms with Gasteiger partial charge in [-0.3, -0.25) is 9.59 Å². The number of aromatic nitrogens is 2. The van der Waals surface area contributed by atoms with Crippen LogP contribution in [0.1, 0.15) is 17.0 Å². The molecule has 4 aromatic rings. The number of carbonyl (C=O) groups is 2. The molecule has 0 radical (unpaired) electrons. The summed E-state index contributed by atoms with van der Waals surface area (Å²) in [7, 11) is 0. The minimum atomic E-state index is -1.41. The van der Waals surface area contributed by atoms with E-state index in [-0.39, 0.29) is 11.3 Å². The summed E-state index contributed by atoms with van der Waals surface area (Å²) in [4.78, 5) is 32.0. The number of hydrogen-bond acceptors (Lipinski definition) is 4. The first kappa shape index (κ1) is 21.3. The summed E-state index contributed by atoms with van der Waals surface area (Å²) in [5.41, 5.74) is 7.23. The van der Waals surface area contributed by atoms with Gasteiger partial charge in [-0.25, -0.2) is 9.37 Å². The van der Waals surface area contributed by atoms with Gasteiger partial charge in [0.15, 0.2) is 11.6 Å². The number of fused-ring (bicyclic) bond motifs is 1. The van der Waals surface area contributed by atoms with Crippen LogP contribution in [-0.4, -0.2) is 21.8 Å². The fourth-order valence-corrected chi connectivity index (χ4v) is 3.49. The highest BCUT2D eigenvalue weighted by atomic mass is 35.5. The van der Waals surface area contributed by atoms with Gasteiger partial charge in [0.05, 0.1) is 5.39 Å². The number of rotatable bonds is 6. The van der Waals surface area contributed by atoms with Crippen LogP contribution in [0, 0.1) is 12.7 Å². The number of halogens is 2. The minimum Gasteiger partial charge on any atom is -0.453 e. The number of aromatic amines is 1. The molecule has 2 aromatic heterocycles. The monoisotopic (exact) mass is 452 g/mol. The SMILES string of the molecule is Cc1c(Cl)cccc1NC(=O)C(C(N)=O)c1ccc(Oc2ccnc3[nH]ccc23)c(F)c1. The summed E-state index contributed by atoms with van der Waals surface area (Å²) in [6.07, 6.45) is 3.23. The van der Waals surface area contributed by atoms with Crippen molar-refractivity contribution in [1.82, 2.24) is 9.97 Å². The number of nitrogens with two attached hydrogens (primary N) is 1. The predicted molar refractivity (Wildman–Crippen MR) is 119 cm³/mol. The molecule has 32 heavy (non-hydrogen) atoms. The lowest BCUT2D eigenvalue weighted by atomic mass is 9.97. The van der Waals surface area contributed by atoms with Gasteiger partial charge < -0.3 is 20.8 Å². The normalized spacial score (nSPS) is 11.8. The van der Waals surface area contributed by atoms with Crippen LogP contribution in [0.4, 0.5) is 10.1 Å². The second-order valence-corrected chi connectivity index (χ2v) is 7.49. The first-order chi connectivity index (χ1) is 15.3. The van der Waals surface area contributed by atoms with Gasteiger partial charge in [-0.2, -0.15) is 0 Å². The summed E-state index contributed by atoms with van der Waals surface area (Å²) in [5, 5.41) is 3.77. The first-order valence-corrected chi connectivity index (χ1v) is 9.97. The maximum atomic E-state index is 14.8. The van der Waals surface area contributed by atoms with Crippen LogP contribution in [0.3, 0.4) is 0 Å². The zero-order chi connectivity index (χ0) is 22.8. The van der Waals surface area contributed by atoms with Crippen molar-refractivity contribution in [1.29, 1.82) is 0 Å². The van der Waals surface area contributed by atoms with Crippen molar-refractivity contribution in [3.05, 3.63) is 82.9 Å². The topological polar surface area (TPSA) is 110 Å². The molecule has 1 unspecified atom stereocenters. The van der Waals surface area contributed by atoms with E-state index in [1.807, 2.05) is 0 Å². The van der Waals surface area contributed by atoms with Gasteiger partial charge in [0.1, 0.15) is 17.3 Å². The molecule has 0 bridgehead atoms. The standard InChI is InChI=1S/C23H18ClFN4O3/c1-12-15(24)3-2-4-17(12)29-23(31)20(21(26)30)13-5-6-19(16(25)11-13)32-18-8-10-28-22-14(18)7-9-27-22/h2-11,20H,1H3,(H2,26,30)(H,27,28)(H,29,31). The lowest BCUT2D eigenvalue weighted by molar-refractivity contribution is -0.127. The fourth-order valence-electron chi connectivity index (χ4n) is 3.32. The molecule has 0 aliphatic heterocycles. The lowest BCUT2D eigenvalue weighted by Crippen LogP contribution is -2.32. The van der Waals surface area contributed by atoms with Crippen LogP contribution in [0.15, 0.2) is 60.9 Å². The van der Waals surface area contributed by atoms with Crippen LogP contribution >= 0.6 is 11.6 Å². The summed E-state index contributed by atoms with van der Waals surface area (Å²) < 4.78 is 20.5. The third kappa shape index (κ3) is 4.13. The molecule has 0 saturated carbocycles. The molecular weight excluding hydrogens is 435 g/mol. The molecule has 2 heterocycles. The highest BCUT2D eigenvalue weighted by Crippen LogP contribution is 2.32. The van der Waals surface area contributed by atoms with E-state index >= 15 is 0 Å². The molecule has 4 N–H and O–H groups in total. The number of primary amides is 1. The summed E-state index contributed by atoms with van der Waals surface area (Å²) in [6.45, 7) is 1.73. The van der Waals surface area contributed by atoms with Gasteiger partial charge in [0, 0.05) is 23.1 Å². The number of H-pyrrole nitrogens is 1. The van der Waals surface area contributed by atoms with Crippen molar-refractivity contribution in [3.8, 4) is 11.5 Å². The van der Waals surface area contributed by atoms with Gasteiger partial charge in [-0.1, -0.05) is 23.7 Å². The Morgan fingerprint density at radius 1 is 1.19 bits per heavy atom. The fraction of sp³-hybridized carbons (Fsp3) is 0.0870. The summed E-state index contributed by atoms with van der Waals surface area (Å²) in [6, 6.07) is 12.2. The lowest BCUT2D eigenvalue weighted by Gasteiger charge is -2.17.